The van der Waals surface area contributed by atoms with Crippen molar-refractivity contribution in [1.82, 2.24) is 9.29 Å². The molecule has 0 bridgehead atoms. The van der Waals surface area contributed by atoms with Gasteiger partial charge in [0.05, 0.1) is 4.90 Å². The monoisotopic (exact) mass is 382 g/mol. The van der Waals surface area contributed by atoms with Crippen LogP contribution in [0.2, 0.25) is 5.02 Å². The number of hydrogen-bond donors (Lipinski definition) is 0. The molecule has 8 heteroatoms. The summed E-state index contributed by atoms with van der Waals surface area (Å²) in [6.45, 7) is 0. The maximum Gasteiger partial charge on any atom is 0.257 e. The zero-order valence-corrected chi connectivity index (χ0v) is 15.5. The third kappa shape index (κ3) is 3.59. The van der Waals surface area contributed by atoms with Crippen LogP contribution in [0.1, 0.15) is 5.56 Å². The van der Waals surface area contributed by atoms with Gasteiger partial charge in [-0.2, -0.15) is 0 Å². The zero-order valence-electron chi connectivity index (χ0n) is 13.1. The molecule has 0 amide bonds. The molecule has 126 valence electrons. The van der Waals surface area contributed by atoms with Crippen LogP contribution in [0.15, 0.2) is 57.0 Å². The predicted molar refractivity (Wildman–Crippen MR) is 95.9 cm³/mol. The van der Waals surface area contributed by atoms with Gasteiger partial charge in [0.25, 0.3) is 5.22 Å². The number of oxazole rings is 1. The van der Waals surface area contributed by atoms with Crippen LogP contribution in [0.4, 0.5) is 0 Å². The zero-order chi connectivity index (χ0) is 17.3. The van der Waals surface area contributed by atoms with E-state index >= 15 is 0 Å². The molecule has 0 aliphatic heterocycles. The minimum Gasteiger partial charge on any atom is -0.431 e. The molecular formula is C16H15ClN2O3S2. The fourth-order valence-electron chi connectivity index (χ4n) is 2.09. The van der Waals surface area contributed by atoms with Gasteiger partial charge in [0.1, 0.15) is 5.52 Å². The predicted octanol–water partition coefficient (Wildman–Crippen LogP) is 4.02. The van der Waals surface area contributed by atoms with Gasteiger partial charge >= 0.3 is 0 Å². The summed E-state index contributed by atoms with van der Waals surface area (Å²) in [4.78, 5) is 4.65. The molecule has 2 aromatic carbocycles. The Morgan fingerprint density at radius 3 is 2.75 bits per heavy atom. The summed E-state index contributed by atoms with van der Waals surface area (Å²) in [5.74, 6) is 0.553. The first-order valence-corrected chi connectivity index (χ1v) is 9.87. The molecule has 1 heterocycles. The first-order valence-electron chi connectivity index (χ1n) is 7.06. The molecule has 0 N–H and O–H groups in total. The molecule has 0 fully saturated rings. The average Bonchev–Trinajstić information content (AvgIpc) is 2.95. The molecule has 0 spiro atoms. The van der Waals surface area contributed by atoms with Crippen LogP contribution in [0.3, 0.4) is 0 Å². The highest BCUT2D eigenvalue weighted by atomic mass is 35.5. The molecule has 5 nitrogen and oxygen atoms in total. The standard InChI is InChI=1S/C16H15ClN2O3S2/c1-19(2)24(20,21)13-5-3-4-11(8-13)10-23-16-18-14-7-6-12(17)9-15(14)22-16/h3-9H,10H2,1-2H3. The van der Waals surface area contributed by atoms with Crippen LogP contribution < -0.4 is 0 Å². The van der Waals surface area contributed by atoms with E-state index in [4.69, 9.17) is 16.0 Å². The molecule has 0 aliphatic rings. The summed E-state index contributed by atoms with van der Waals surface area (Å²) in [7, 11) is -0.409. The minimum absolute atomic E-state index is 0.273. The largest absolute Gasteiger partial charge is 0.431 e. The number of hydrogen-bond acceptors (Lipinski definition) is 5. The Bertz CT molecular complexity index is 984. The third-order valence-electron chi connectivity index (χ3n) is 3.37. The second kappa shape index (κ2) is 6.76. The second-order valence-corrected chi connectivity index (χ2v) is 8.83. The SMILES string of the molecule is CN(C)S(=O)(=O)c1cccc(CSc2nc3ccc(Cl)cc3o2)c1. The van der Waals surface area contributed by atoms with Gasteiger partial charge in [-0.1, -0.05) is 35.5 Å². The molecule has 0 aliphatic carbocycles. The van der Waals surface area contributed by atoms with E-state index in [1.54, 1.807) is 36.4 Å². The smallest absolute Gasteiger partial charge is 0.257 e. The van der Waals surface area contributed by atoms with Crippen LogP contribution >= 0.6 is 23.4 Å². The van der Waals surface area contributed by atoms with E-state index in [-0.39, 0.29) is 4.90 Å². The number of nitrogens with zero attached hydrogens (tertiary/aromatic N) is 2. The van der Waals surface area contributed by atoms with Crippen molar-refractivity contribution in [1.29, 1.82) is 0 Å². The maximum absolute atomic E-state index is 12.2. The van der Waals surface area contributed by atoms with Crippen molar-refractivity contribution in [2.45, 2.75) is 15.9 Å². The molecule has 24 heavy (non-hydrogen) atoms. The van der Waals surface area contributed by atoms with Crippen LogP contribution in [0, 0.1) is 0 Å². The molecule has 0 radical (unpaired) electrons. The van der Waals surface area contributed by atoms with Gasteiger partial charge in [-0.25, -0.2) is 17.7 Å². The number of rotatable bonds is 5. The van der Waals surface area contributed by atoms with E-state index < -0.39 is 10.0 Å². The molecule has 0 unspecified atom stereocenters. The van der Waals surface area contributed by atoms with Gasteiger partial charge in [-0.05, 0) is 29.8 Å². The van der Waals surface area contributed by atoms with Gasteiger partial charge in [0.2, 0.25) is 10.0 Å². The lowest BCUT2D eigenvalue weighted by Gasteiger charge is -2.11. The number of sulfonamides is 1. The number of halogens is 1. The first-order chi connectivity index (χ1) is 11.4. The van der Waals surface area contributed by atoms with Gasteiger partial charge < -0.3 is 4.42 Å². The van der Waals surface area contributed by atoms with Crippen LogP contribution in [0.25, 0.3) is 11.1 Å². The summed E-state index contributed by atoms with van der Waals surface area (Å²) < 4.78 is 31.2. The molecule has 3 aromatic rings. The Morgan fingerprint density at radius 1 is 1.21 bits per heavy atom. The molecular weight excluding hydrogens is 368 g/mol. The fourth-order valence-corrected chi connectivity index (χ4v) is 4.01. The highest BCUT2D eigenvalue weighted by molar-refractivity contribution is 7.98. The summed E-state index contributed by atoms with van der Waals surface area (Å²) in [5.41, 5.74) is 2.25. The average molecular weight is 383 g/mol. The summed E-state index contributed by atoms with van der Waals surface area (Å²) in [5, 5.41) is 1.12. The van der Waals surface area contributed by atoms with Crippen LogP contribution in [-0.2, 0) is 15.8 Å². The number of fused-ring (bicyclic) bond motifs is 1. The van der Waals surface area contributed by atoms with Gasteiger partial charge in [-0.15, -0.1) is 0 Å². The van der Waals surface area contributed by atoms with E-state index in [1.807, 2.05) is 6.07 Å². The van der Waals surface area contributed by atoms with Gasteiger partial charge in [-0.3, -0.25) is 0 Å². The van der Waals surface area contributed by atoms with E-state index in [0.717, 1.165) is 11.1 Å². The topological polar surface area (TPSA) is 63.4 Å². The molecule has 3 rings (SSSR count). The number of benzene rings is 2. The molecule has 0 saturated carbocycles. The Labute approximate surface area is 149 Å². The lowest BCUT2D eigenvalue weighted by molar-refractivity contribution is 0.489. The molecule has 0 atom stereocenters. The normalized spacial score (nSPS) is 12.2. The lowest BCUT2D eigenvalue weighted by Crippen LogP contribution is -2.22. The van der Waals surface area contributed by atoms with Crippen LogP contribution in [0.5, 0.6) is 0 Å². The Morgan fingerprint density at radius 2 is 2.00 bits per heavy atom. The first kappa shape index (κ1) is 17.3. The minimum atomic E-state index is -3.44. The van der Waals surface area contributed by atoms with E-state index in [9.17, 15) is 8.42 Å². The van der Waals surface area contributed by atoms with Crippen molar-refractivity contribution < 1.29 is 12.8 Å². The Balaban J connectivity index is 1.79. The maximum atomic E-state index is 12.2. The highest BCUT2D eigenvalue weighted by Crippen LogP contribution is 2.28. The van der Waals surface area contributed by atoms with Crippen molar-refractivity contribution in [2.75, 3.05) is 14.1 Å². The molecule has 1 aromatic heterocycles. The second-order valence-electron chi connectivity index (χ2n) is 5.32. The van der Waals surface area contributed by atoms with Crippen molar-refractivity contribution in [3.05, 3.63) is 53.1 Å². The van der Waals surface area contributed by atoms with E-state index in [0.29, 0.717) is 21.6 Å². The van der Waals surface area contributed by atoms with Crippen LogP contribution in [-0.4, -0.2) is 31.8 Å². The summed E-state index contributed by atoms with van der Waals surface area (Å²) in [6, 6.07) is 12.1. The van der Waals surface area contributed by atoms with Crippen molar-refractivity contribution in [3.63, 3.8) is 0 Å². The number of aromatic nitrogens is 1. The van der Waals surface area contributed by atoms with Gasteiger partial charge in [0, 0.05) is 30.9 Å². The van der Waals surface area contributed by atoms with Crippen molar-refractivity contribution >= 4 is 44.5 Å². The van der Waals surface area contributed by atoms with E-state index in [2.05, 4.69) is 4.98 Å². The van der Waals surface area contributed by atoms with Crippen molar-refractivity contribution in [2.24, 2.45) is 0 Å². The Hall–Kier alpha value is -1.54. The van der Waals surface area contributed by atoms with Gasteiger partial charge in [0.15, 0.2) is 5.58 Å². The summed E-state index contributed by atoms with van der Waals surface area (Å²) >= 11 is 7.33. The van der Waals surface area contributed by atoms with Crippen molar-refractivity contribution in [3.8, 4) is 0 Å². The Kier molecular flexibility index (Phi) is 4.87. The summed E-state index contributed by atoms with van der Waals surface area (Å²) in [6.07, 6.45) is 0. The lowest BCUT2D eigenvalue weighted by atomic mass is 10.2. The highest BCUT2D eigenvalue weighted by Gasteiger charge is 2.17. The third-order valence-corrected chi connectivity index (χ3v) is 6.32. The quantitative estimate of drug-likeness (QED) is 0.623. The molecule has 0 saturated heterocycles. The van der Waals surface area contributed by atoms with E-state index in [1.165, 1.54) is 30.2 Å². The fraction of sp³-hybridized carbons (Fsp3) is 0.188. The number of thioether (sulfide) groups is 1.